The first-order valence-corrected chi connectivity index (χ1v) is 10.4. The molecule has 0 aliphatic carbocycles. The zero-order valence-corrected chi connectivity index (χ0v) is 18.8. The second-order valence-electron chi connectivity index (χ2n) is 8.76. The molecule has 1 aromatic rings. The van der Waals surface area contributed by atoms with E-state index in [2.05, 4.69) is 4.90 Å². The molecule has 6 nitrogen and oxygen atoms in total. The quantitative estimate of drug-likeness (QED) is 0.436. The van der Waals surface area contributed by atoms with Crippen molar-refractivity contribution in [2.45, 2.75) is 52.7 Å². The van der Waals surface area contributed by atoms with Gasteiger partial charge in [0.25, 0.3) is 0 Å². The Hall–Kier alpha value is -1.84. The Labute approximate surface area is 181 Å². The number of hydrogen-bond acceptors (Lipinski definition) is 6. The maximum Gasteiger partial charge on any atom is 0.419 e. The number of halogens is 3. The highest BCUT2D eigenvalue weighted by atomic mass is 19.4. The van der Waals surface area contributed by atoms with Crippen molar-refractivity contribution < 1.29 is 36.9 Å². The average Bonchev–Trinajstić information content (AvgIpc) is 2.66. The van der Waals surface area contributed by atoms with Crippen LogP contribution in [0.3, 0.4) is 0 Å². The molecule has 1 heterocycles. The minimum Gasteiger partial charge on any atom is -0.464 e. The molecule has 1 aliphatic rings. The molecule has 176 valence electrons. The Morgan fingerprint density at radius 1 is 1.16 bits per heavy atom. The molecular formula is C22H32F3NO5. The Morgan fingerprint density at radius 3 is 2.35 bits per heavy atom. The normalized spacial score (nSPS) is 16.9. The molecule has 0 spiro atoms. The number of nitrogens with zero attached hydrogens (tertiary/aromatic N) is 1. The zero-order valence-electron chi connectivity index (χ0n) is 18.8. The van der Waals surface area contributed by atoms with Gasteiger partial charge in [0, 0.05) is 25.6 Å². The van der Waals surface area contributed by atoms with Crippen LogP contribution in [0.5, 0.6) is 5.75 Å². The summed E-state index contributed by atoms with van der Waals surface area (Å²) in [6.07, 6.45) is -5.56. The molecule has 1 aromatic carbocycles. The van der Waals surface area contributed by atoms with Gasteiger partial charge in [-0.2, -0.15) is 13.2 Å². The van der Waals surface area contributed by atoms with Crippen LogP contribution in [0.4, 0.5) is 13.2 Å². The molecule has 0 amide bonds. The summed E-state index contributed by atoms with van der Waals surface area (Å²) in [5.74, 6) is -1.38. The number of esters is 1. The van der Waals surface area contributed by atoms with E-state index in [1.165, 1.54) is 0 Å². The summed E-state index contributed by atoms with van der Waals surface area (Å²) in [5.41, 5.74) is -1.60. The first-order chi connectivity index (χ1) is 14.4. The molecule has 9 heteroatoms. The minimum absolute atomic E-state index is 0.0109. The van der Waals surface area contributed by atoms with Gasteiger partial charge in [0.2, 0.25) is 6.29 Å². The van der Waals surface area contributed by atoms with Crippen molar-refractivity contribution in [3.05, 3.63) is 29.3 Å². The minimum atomic E-state index is -4.64. The van der Waals surface area contributed by atoms with Crippen LogP contribution in [0.1, 0.15) is 50.5 Å². The molecule has 0 aromatic heterocycles. The van der Waals surface area contributed by atoms with E-state index < -0.39 is 35.3 Å². The Balaban J connectivity index is 2.15. The molecule has 1 atom stereocenters. The number of rotatable bonds is 8. The largest absolute Gasteiger partial charge is 0.464 e. The van der Waals surface area contributed by atoms with E-state index in [1.54, 1.807) is 34.6 Å². The number of hydrogen-bond donors (Lipinski definition) is 0. The maximum atomic E-state index is 13.5. The average molecular weight is 447 g/mol. The van der Waals surface area contributed by atoms with E-state index in [0.717, 1.165) is 31.3 Å². The van der Waals surface area contributed by atoms with Gasteiger partial charge in [-0.05, 0) is 39.0 Å². The van der Waals surface area contributed by atoms with Gasteiger partial charge < -0.3 is 18.9 Å². The van der Waals surface area contributed by atoms with E-state index in [9.17, 15) is 18.0 Å². The molecule has 0 saturated carbocycles. The van der Waals surface area contributed by atoms with Crippen LogP contribution in [-0.4, -0.2) is 62.2 Å². The number of ether oxygens (including phenoxy) is 4. The van der Waals surface area contributed by atoms with Crippen molar-refractivity contribution in [3.8, 4) is 5.75 Å². The second-order valence-corrected chi connectivity index (χ2v) is 8.76. The van der Waals surface area contributed by atoms with Gasteiger partial charge in [0.1, 0.15) is 12.4 Å². The Bertz CT molecular complexity index is 725. The summed E-state index contributed by atoms with van der Waals surface area (Å²) in [6.45, 7) is 12.4. The maximum absolute atomic E-state index is 13.5. The molecule has 1 aliphatic heterocycles. The van der Waals surface area contributed by atoms with E-state index in [1.807, 2.05) is 0 Å². The van der Waals surface area contributed by atoms with Crippen LogP contribution in [0, 0.1) is 5.92 Å². The van der Waals surface area contributed by atoms with Crippen molar-refractivity contribution in [3.63, 3.8) is 0 Å². The summed E-state index contributed by atoms with van der Waals surface area (Å²) >= 11 is 0. The standard InChI is InChI=1S/C22H32F3NO5/c1-15(2)20(31-21(3,4)5)30-18-14-16(6-7-17(18)22(23,24)25)19(27)29-13-10-26-8-11-28-12-9-26/h6-7,14-15,20H,8-13H2,1-5H3. The first kappa shape index (κ1) is 25.4. The predicted molar refractivity (Wildman–Crippen MR) is 109 cm³/mol. The summed E-state index contributed by atoms with van der Waals surface area (Å²) in [6, 6.07) is 3.01. The molecule has 0 bridgehead atoms. The lowest BCUT2D eigenvalue weighted by atomic mass is 10.1. The molecule has 1 saturated heterocycles. The van der Waals surface area contributed by atoms with Crippen molar-refractivity contribution in [2.24, 2.45) is 5.92 Å². The molecule has 1 unspecified atom stereocenters. The van der Waals surface area contributed by atoms with E-state index in [-0.39, 0.29) is 18.1 Å². The topological polar surface area (TPSA) is 57.2 Å². The fourth-order valence-corrected chi connectivity index (χ4v) is 2.93. The SMILES string of the molecule is CC(C)C(Oc1cc(C(=O)OCCN2CCOCC2)ccc1C(F)(F)F)OC(C)(C)C. The highest BCUT2D eigenvalue weighted by Gasteiger charge is 2.36. The summed E-state index contributed by atoms with van der Waals surface area (Å²) in [4.78, 5) is 14.5. The fourth-order valence-electron chi connectivity index (χ4n) is 2.93. The van der Waals surface area contributed by atoms with Crippen LogP contribution < -0.4 is 4.74 Å². The monoisotopic (exact) mass is 447 g/mol. The third-order valence-corrected chi connectivity index (χ3v) is 4.52. The van der Waals surface area contributed by atoms with Crippen LogP contribution in [-0.2, 0) is 20.4 Å². The number of carbonyl (C=O) groups is 1. The summed E-state index contributed by atoms with van der Waals surface area (Å²) in [7, 11) is 0. The van der Waals surface area contributed by atoms with Crippen LogP contribution in [0.15, 0.2) is 18.2 Å². The molecule has 0 radical (unpaired) electrons. The summed E-state index contributed by atoms with van der Waals surface area (Å²) in [5, 5.41) is 0. The fraction of sp³-hybridized carbons (Fsp3) is 0.682. The number of alkyl halides is 3. The Morgan fingerprint density at radius 2 is 1.81 bits per heavy atom. The number of benzene rings is 1. The van der Waals surface area contributed by atoms with Crippen LogP contribution >= 0.6 is 0 Å². The lowest BCUT2D eigenvalue weighted by Crippen LogP contribution is -2.38. The van der Waals surface area contributed by atoms with Gasteiger partial charge in [0.05, 0.1) is 29.9 Å². The lowest BCUT2D eigenvalue weighted by Gasteiger charge is -2.31. The zero-order chi connectivity index (χ0) is 23.2. The molecule has 0 N–H and O–H groups in total. The number of carbonyl (C=O) groups excluding carboxylic acids is 1. The van der Waals surface area contributed by atoms with E-state index in [0.29, 0.717) is 19.8 Å². The second kappa shape index (κ2) is 10.7. The van der Waals surface area contributed by atoms with E-state index in [4.69, 9.17) is 18.9 Å². The first-order valence-electron chi connectivity index (χ1n) is 10.4. The third kappa shape index (κ3) is 8.31. The Kier molecular flexibility index (Phi) is 8.73. The predicted octanol–water partition coefficient (Wildman–Crippen LogP) is 4.37. The highest BCUT2D eigenvalue weighted by Crippen LogP contribution is 2.38. The van der Waals surface area contributed by atoms with Gasteiger partial charge in [-0.25, -0.2) is 4.79 Å². The van der Waals surface area contributed by atoms with Crippen LogP contribution in [0.25, 0.3) is 0 Å². The van der Waals surface area contributed by atoms with Crippen molar-refractivity contribution in [2.75, 3.05) is 39.5 Å². The highest BCUT2D eigenvalue weighted by molar-refractivity contribution is 5.90. The van der Waals surface area contributed by atoms with Crippen molar-refractivity contribution in [1.82, 2.24) is 4.90 Å². The van der Waals surface area contributed by atoms with Gasteiger partial charge in [0.15, 0.2) is 0 Å². The van der Waals surface area contributed by atoms with Gasteiger partial charge in [-0.15, -0.1) is 0 Å². The number of morpholine rings is 1. The van der Waals surface area contributed by atoms with E-state index >= 15 is 0 Å². The van der Waals surface area contributed by atoms with Crippen LogP contribution in [0.2, 0.25) is 0 Å². The summed E-state index contributed by atoms with van der Waals surface area (Å²) < 4.78 is 62.5. The smallest absolute Gasteiger partial charge is 0.419 e. The molecule has 2 rings (SSSR count). The molecular weight excluding hydrogens is 415 g/mol. The molecule has 31 heavy (non-hydrogen) atoms. The lowest BCUT2D eigenvalue weighted by molar-refractivity contribution is -0.176. The van der Waals surface area contributed by atoms with Crippen molar-refractivity contribution in [1.29, 1.82) is 0 Å². The third-order valence-electron chi connectivity index (χ3n) is 4.52. The van der Waals surface area contributed by atoms with Gasteiger partial charge in [-0.3, -0.25) is 4.90 Å². The molecule has 1 fully saturated rings. The van der Waals surface area contributed by atoms with Gasteiger partial charge in [-0.1, -0.05) is 13.8 Å². The van der Waals surface area contributed by atoms with Gasteiger partial charge >= 0.3 is 12.1 Å². The van der Waals surface area contributed by atoms with Crippen molar-refractivity contribution >= 4 is 5.97 Å².